The first kappa shape index (κ1) is 11.7. The average Bonchev–Trinajstić information content (AvgIpc) is 2.78. The summed E-state index contributed by atoms with van der Waals surface area (Å²) in [5, 5.41) is 4.34. The van der Waals surface area contributed by atoms with Gasteiger partial charge in [0.1, 0.15) is 0 Å². The lowest BCUT2D eigenvalue weighted by Crippen LogP contribution is -2.41. The van der Waals surface area contributed by atoms with Gasteiger partial charge >= 0.3 is 7.12 Å². The van der Waals surface area contributed by atoms with Gasteiger partial charge in [-0.25, -0.2) is 4.52 Å². The van der Waals surface area contributed by atoms with Gasteiger partial charge in [-0.2, -0.15) is 5.10 Å². The molecule has 0 N–H and O–H groups in total. The molecule has 3 rings (SSSR count). The molecule has 3 heterocycles. The van der Waals surface area contributed by atoms with E-state index >= 15 is 0 Å². The summed E-state index contributed by atoms with van der Waals surface area (Å²) >= 11 is 0. The normalized spacial score (nSPS) is 21.7. The molecule has 0 radical (unpaired) electrons. The molecule has 0 unspecified atom stereocenters. The Bertz CT molecular complexity index is 575. The quantitative estimate of drug-likeness (QED) is 0.715. The Labute approximate surface area is 107 Å². The zero-order chi connectivity index (χ0) is 13.0. The Kier molecular flexibility index (Phi) is 2.34. The molecule has 1 aliphatic rings. The third-order valence-corrected chi connectivity index (χ3v) is 3.94. The molecule has 0 saturated carbocycles. The molecule has 1 saturated heterocycles. The molecule has 1 fully saturated rings. The summed E-state index contributed by atoms with van der Waals surface area (Å²) in [5.41, 5.74) is 1.33. The van der Waals surface area contributed by atoms with Gasteiger partial charge in [0.05, 0.1) is 22.3 Å². The zero-order valence-corrected chi connectivity index (χ0v) is 11.2. The van der Waals surface area contributed by atoms with Crippen molar-refractivity contribution >= 4 is 18.2 Å². The monoisotopic (exact) mass is 244 g/mol. The summed E-state index contributed by atoms with van der Waals surface area (Å²) < 4.78 is 13.9. The van der Waals surface area contributed by atoms with Crippen molar-refractivity contribution in [3.63, 3.8) is 0 Å². The number of hydrogen-bond acceptors (Lipinski definition) is 3. The fourth-order valence-electron chi connectivity index (χ4n) is 2.11. The molecular formula is C13H17BN2O2. The smallest absolute Gasteiger partial charge is 0.398 e. The van der Waals surface area contributed by atoms with Crippen molar-refractivity contribution < 1.29 is 9.31 Å². The molecule has 1 aliphatic heterocycles. The Morgan fingerprint density at radius 3 is 2.39 bits per heavy atom. The van der Waals surface area contributed by atoms with Gasteiger partial charge in [-0.05, 0) is 52.0 Å². The Morgan fingerprint density at radius 1 is 1.06 bits per heavy atom. The molecule has 0 atom stereocenters. The van der Waals surface area contributed by atoms with Crippen molar-refractivity contribution in [1.82, 2.24) is 9.61 Å². The molecule has 0 aromatic carbocycles. The first-order valence-electron chi connectivity index (χ1n) is 6.19. The van der Waals surface area contributed by atoms with Crippen molar-refractivity contribution in [1.29, 1.82) is 0 Å². The molecular weight excluding hydrogens is 227 g/mol. The maximum absolute atomic E-state index is 6.03. The van der Waals surface area contributed by atoms with Gasteiger partial charge in [-0.3, -0.25) is 0 Å². The van der Waals surface area contributed by atoms with Crippen LogP contribution in [0.15, 0.2) is 30.5 Å². The molecule has 4 nitrogen and oxygen atoms in total. The first-order valence-corrected chi connectivity index (χ1v) is 6.19. The molecule has 5 heteroatoms. The number of rotatable bonds is 1. The first-order chi connectivity index (χ1) is 8.41. The molecule has 0 amide bonds. The van der Waals surface area contributed by atoms with Crippen LogP contribution in [0.3, 0.4) is 0 Å². The molecule has 0 spiro atoms. The van der Waals surface area contributed by atoms with Gasteiger partial charge in [0.2, 0.25) is 0 Å². The molecule has 2 aromatic rings. The summed E-state index contributed by atoms with van der Waals surface area (Å²) in [6.45, 7) is 8.21. The largest absolute Gasteiger partial charge is 0.514 e. The van der Waals surface area contributed by atoms with Gasteiger partial charge in [-0.15, -0.1) is 0 Å². The standard InChI is InChI=1S/C13H17BN2O2/c1-12(2)13(3,4)18-14(17-12)11-8-7-10-6-5-9-15-16(10)11/h5-9H,1-4H3. The highest BCUT2D eigenvalue weighted by Crippen LogP contribution is 2.36. The summed E-state index contributed by atoms with van der Waals surface area (Å²) in [6, 6.07) is 7.96. The van der Waals surface area contributed by atoms with Crippen LogP contribution in [0.5, 0.6) is 0 Å². The highest BCUT2D eigenvalue weighted by molar-refractivity contribution is 6.61. The summed E-state index contributed by atoms with van der Waals surface area (Å²) in [6.07, 6.45) is 1.77. The van der Waals surface area contributed by atoms with E-state index in [1.165, 1.54) is 0 Å². The van der Waals surface area contributed by atoms with Crippen LogP contribution in [-0.2, 0) is 9.31 Å². The third-order valence-electron chi connectivity index (χ3n) is 3.94. The Balaban J connectivity index is 2.03. The van der Waals surface area contributed by atoms with Gasteiger partial charge < -0.3 is 9.31 Å². The third kappa shape index (κ3) is 1.58. The van der Waals surface area contributed by atoms with Gasteiger partial charge in [0.15, 0.2) is 0 Å². The topological polar surface area (TPSA) is 35.8 Å². The van der Waals surface area contributed by atoms with Crippen molar-refractivity contribution in [3.8, 4) is 0 Å². The molecule has 18 heavy (non-hydrogen) atoms. The molecule has 0 aliphatic carbocycles. The van der Waals surface area contributed by atoms with E-state index in [0.717, 1.165) is 11.1 Å². The van der Waals surface area contributed by atoms with E-state index in [4.69, 9.17) is 9.31 Å². The van der Waals surface area contributed by atoms with Crippen LogP contribution >= 0.6 is 0 Å². The van der Waals surface area contributed by atoms with Crippen LogP contribution in [0.25, 0.3) is 5.52 Å². The fraction of sp³-hybridized carbons (Fsp3) is 0.462. The predicted molar refractivity (Wildman–Crippen MR) is 70.9 cm³/mol. The van der Waals surface area contributed by atoms with E-state index in [1.807, 2.05) is 28.8 Å². The lowest BCUT2D eigenvalue weighted by molar-refractivity contribution is 0.00578. The summed E-state index contributed by atoms with van der Waals surface area (Å²) in [4.78, 5) is 0. The van der Waals surface area contributed by atoms with E-state index in [-0.39, 0.29) is 18.3 Å². The van der Waals surface area contributed by atoms with Crippen LogP contribution in [0, 0.1) is 0 Å². The lowest BCUT2D eigenvalue weighted by Gasteiger charge is -2.32. The van der Waals surface area contributed by atoms with E-state index in [9.17, 15) is 0 Å². The zero-order valence-electron chi connectivity index (χ0n) is 11.2. The van der Waals surface area contributed by atoms with Crippen LogP contribution in [0.2, 0.25) is 0 Å². The van der Waals surface area contributed by atoms with E-state index < -0.39 is 0 Å². The van der Waals surface area contributed by atoms with Gasteiger partial charge in [0.25, 0.3) is 0 Å². The Morgan fingerprint density at radius 2 is 1.72 bits per heavy atom. The van der Waals surface area contributed by atoms with Crippen molar-refractivity contribution in [2.24, 2.45) is 0 Å². The van der Waals surface area contributed by atoms with Crippen LogP contribution in [-0.4, -0.2) is 27.9 Å². The highest BCUT2D eigenvalue weighted by Gasteiger charge is 2.52. The second kappa shape index (κ2) is 3.59. The predicted octanol–water partition coefficient (Wildman–Crippen LogP) is 1.63. The van der Waals surface area contributed by atoms with Crippen molar-refractivity contribution in [2.75, 3.05) is 0 Å². The maximum Gasteiger partial charge on any atom is 0.514 e. The van der Waals surface area contributed by atoms with Crippen molar-refractivity contribution in [2.45, 2.75) is 38.9 Å². The summed E-state index contributed by atoms with van der Waals surface area (Å²) in [5.74, 6) is 0. The van der Waals surface area contributed by atoms with Crippen molar-refractivity contribution in [3.05, 3.63) is 30.5 Å². The van der Waals surface area contributed by atoms with E-state index in [1.54, 1.807) is 6.20 Å². The summed E-state index contributed by atoms with van der Waals surface area (Å²) in [7, 11) is -0.368. The highest BCUT2D eigenvalue weighted by atomic mass is 16.7. The van der Waals surface area contributed by atoms with Crippen LogP contribution in [0.1, 0.15) is 27.7 Å². The number of aromatic nitrogens is 2. The number of fused-ring (bicyclic) bond motifs is 1. The molecule has 0 bridgehead atoms. The molecule has 94 valence electrons. The minimum Gasteiger partial charge on any atom is -0.398 e. The minimum atomic E-state index is -0.368. The average molecular weight is 244 g/mol. The maximum atomic E-state index is 6.03. The van der Waals surface area contributed by atoms with Crippen LogP contribution in [0.4, 0.5) is 0 Å². The SMILES string of the molecule is CC1(C)OB(c2ccc3cccnn23)OC1(C)C. The van der Waals surface area contributed by atoms with Gasteiger partial charge in [0, 0.05) is 6.20 Å². The minimum absolute atomic E-state index is 0.323. The second-order valence-electron chi connectivity index (χ2n) is 5.71. The van der Waals surface area contributed by atoms with Gasteiger partial charge in [-0.1, -0.05) is 0 Å². The lowest BCUT2D eigenvalue weighted by atomic mass is 9.85. The number of nitrogens with zero attached hydrogens (tertiary/aromatic N) is 2. The Hall–Kier alpha value is -1.33. The fourth-order valence-corrected chi connectivity index (χ4v) is 2.11. The van der Waals surface area contributed by atoms with Crippen LogP contribution < -0.4 is 5.59 Å². The van der Waals surface area contributed by atoms with E-state index in [2.05, 4.69) is 32.8 Å². The van der Waals surface area contributed by atoms with E-state index in [0.29, 0.717) is 0 Å². The molecule has 2 aromatic heterocycles. The second-order valence-corrected chi connectivity index (χ2v) is 5.71. The number of hydrogen-bond donors (Lipinski definition) is 0.